The Balaban J connectivity index is 0.00000392. The Labute approximate surface area is 190 Å². The number of benzene rings is 2. The first-order chi connectivity index (χ1) is 13.1. The topological polar surface area (TPSA) is 48.9 Å². The van der Waals surface area contributed by atoms with Gasteiger partial charge in [-0.3, -0.25) is 4.99 Å². The fourth-order valence-corrected chi connectivity index (χ4v) is 2.70. The zero-order valence-electron chi connectivity index (χ0n) is 16.7. The summed E-state index contributed by atoms with van der Waals surface area (Å²) in [7, 11) is 5.89. The maximum absolute atomic E-state index is 6.18. The molecule has 0 amide bonds. The van der Waals surface area contributed by atoms with Crippen molar-refractivity contribution >= 4 is 41.5 Å². The fraction of sp³-hybridized carbons (Fsp3) is 0.381. The van der Waals surface area contributed by atoms with Crippen LogP contribution in [0.3, 0.4) is 0 Å². The highest BCUT2D eigenvalue weighted by atomic mass is 127. The summed E-state index contributed by atoms with van der Waals surface area (Å²) in [5.41, 5.74) is 2.20. The molecule has 0 aliphatic rings. The van der Waals surface area contributed by atoms with Crippen molar-refractivity contribution in [1.29, 1.82) is 0 Å². The first-order valence-corrected chi connectivity index (χ1v) is 9.50. The Morgan fingerprint density at radius 3 is 2.36 bits per heavy atom. The van der Waals surface area contributed by atoms with Crippen LogP contribution in [0.1, 0.15) is 17.5 Å². The molecule has 0 saturated carbocycles. The number of nitrogens with zero attached hydrogens (tertiary/aromatic N) is 2. The minimum atomic E-state index is 0. The van der Waals surface area contributed by atoms with E-state index in [0.29, 0.717) is 13.1 Å². The molecule has 0 unspecified atom stereocenters. The zero-order chi connectivity index (χ0) is 19.5. The van der Waals surface area contributed by atoms with Crippen LogP contribution >= 0.6 is 35.6 Å². The lowest BCUT2D eigenvalue weighted by atomic mass is 10.2. The molecule has 2 aromatic rings. The highest BCUT2D eigenvalue weighted by Gasteiger charge is 2.02. The number of rotatable bonds is 9. The van der Waals surface area contributed by atoms with Gasteiger partial charge in [0.1, 0.15) is 5.75 Å². The first kappa shape index (κ1) is 24.5. The van der Waals surface area contributed by atoms with Gasteiger partial charge in [0.15, 0.2) is 5.96 Å². The van der Waals surface area contributed by atoms with Crippen molar-refractivity contribution in [3.63, 3.8) is 0 Å². The SMILES string of the molecule is CN=C(NCc1ccc(OCCCN(C)C)cc1)NCc1ccccc1Cl.I. The molecule has 0 saturated heterocycles. The summed E-state index contributed by atoms with van der Waals surface area (Å²) in [6.45, 7) is 3.07. The van der Waals surface area contributed by atoms with Crippen molar-refractivity contribution in [2.45, 2.75) is 19.5 Å². The van der Waals surface area contributed by atoms with Gasteiger partial charge in [0, 0.05) is 31.7 Å². The van der Waals surface area contributed by atoms with E-state index >= 15 is 0 Å². The standard InChI is InChI=1S/C21H29ClN4O.HI/c1-23-21(25-16-18-7-4-5-8-20(18)22)24-15-17-9-11-19(12-10-17)27-14-6-13-26(2)3;/h4-5,7-12H,6,13-16H2,1-3H3,(H2,23,24,25);1H. The molecule has 0 aliphatic heterocycles. The van der Waals surface area contributed by atoms with E-state index in [1.54, 1.807) is 7.05 Å². The first-order valence-electron chi connectivity index (χ1n) is 9.13. The monoisotopic (exact) mass is 516 g/mol. The second-order valence-electron chi connectivity index (χ2n) is 6.52. The van der Waals surface area contributed by atoms with Crippen molar-refractivity contribution in [3.05, 3.63) is 64.7 Å². The average molecular weight is 517 g/mol. The normalized spacial score (nSPS) is 11.1. The van der Waals surface area contributed by atoms with E-state index in [9.17, 15) is 0 Å². The van der Waals surface area contributed by atoms with Crippen LogP contribution in [0.15, 0.2) is 53.5 Å². The van der Waals surface area contributed by atoms with Crippen molar-refractivity contribution in [1.82, 2.24) is 15.5 Å². The Hall–Kier alpha value is -1.51. The summed E-state index contributed by atoms with van der Waals surface area (Å²) in [4.78, 5) is 6.41. The number of nitrogens with one attached hydrogen (secondary N) is 2. The molecule has 0 fully saturated rings. The van der Waals surface area contributed by atoms with Crippen LogP contribution in [0, 0.1) is 0 Å². The minimum absolute atomic E-state index is 0. The summed E-state index contributed by atoms with van der Waals surface area (Å²) in [5, 5.41) is 7.34. The van der Waals surface area contributed by atoms with E-state index in [1.165, 1.54) is 0 Å². The van der Waals surface area contributed by atoms with Crippen molar-refractivity contribution < 1.29 is 4.74 Å². The third kappa shape index (κ3) is 9.12. The molecule has 0 aliphatic carbocycles. The molecule has 7 heteroatoms. The minimum Gasteiger partial charge on any atom is -0.494 e. The van der Waals surface area contributed by atoms with Crippen molar-refractivity contribution in [2.24, 2.45) is 4.99 Å². The van der Waals surface area contributed by atoms with Crippen LogP contribution in [-0.4, -0.2) is 45.2 Å². The number of aliphatic imine (C=N–C) groups is 1. The van der Waals surface area contributed by atoms with Crippen LogP contribution in [0.4, 0.5) is 0 Å². The van der Waals surface area contributed by atoms with Gasteiger partial charge in [-0.1, -0.05) is 41.9 Å². The Bertz CT molecular complexity index is 723. The van der Waals surface area contributed by atoms with Gasteiger partial charge in [0.05, 0.1) is 6.61 Å². The number of hydrogen-bond donors (Lipinski definition) is 2. The second kappa shape index (κ2) is 13.6. The highest BCUT2D eigenvalue weighted by molar-refractivity contribution is 14.0. The quantitative estimate of drug-likeness (QED) is 0.228. The lowest BCUT2D eigenvalue weighted by Gasteiger charge is -2.13. The molecular formula is C21H30ClIN4O. The largest absolute Gasteiger partial charge is 0.494 e. The van der Waals surface area contributed by atoms with Gasteiger partial charge in [0.25, 0.3) is 0 Å². The van der Waals surface area contributed by atoms with Crippen molar-refractivity contribution in [3.8, 4) is 5.75 Å². The predicted octanol–water partition coefficient (Wildman–Crippen LogP) is 4.15. The van der Waals surface area contributed by atoms with E-state index < -0.39 is 0 Å². The summed E-state index contributed by atoms with van der Waals surface area (Å²) in [5.74, 6) is 1.64. The molecule has 0 radical (unpaired) electrons. The van der Waals surface area contributed by atoms with E-state index in [0.717, 1.165) is 47.4 Å². The molecule has 0 aromatic heterocycles. The van der Waals surface area contributed by atoms with E-state index in [-0.39, 0.29) is 24.0 Å². The maximum atomic E-state index is 6.18. The Morgan fingerprint density at radius 1 is 1.04 bits per heavy atom. The summed E-state index contributed by atoms with van der Waals surface area (Å²) >= 11 is 6.18. The molecule has 2 aromatic carbocycles. The zero-order valence-corrected chi connectivity index (χ0v) is 19.8. The van der Waals surface area contributed by atoms with Gasteiger partial charge in [-0.2, -0.15) is 0 Å². The van der Waals surface area contributed by atoms with E-state index in [4.69, 9.17) is 16.3 Å². The number of guanidine groups is 1. The fourth-order valence-electron chi connectivity index (χ4n) is 2.50. The van der Waals surface area contributed by atoms with Gasteiger partial charge in [-0.05, 0) is 49.8 Å². The summed E-state index contributed by atoms with van der Waals surface area (Å²) < 4.78 is 5.76. The molecule has 2 N–H and O–H groups in total. The molecule has 0 atom stereocenters. The molecule has 2 rings (SSSR count). The third-order valence-electron chi connectivity index (χ3n) is 4.03. The lowest BCUT2D eigenvalue weighted by molar-refractivity contribution is 0.281. The van der Waals surface area contributed by atoms with Gasteiger partial charge in [0.2, 0.25) is 0 Å². The van der Waals surface area contributed by atoms with Gasteiger partial charge < -0.3 is 20.3 Å². The molecule has 0 spiro atoms. The molecule has 28 heavy (non-hydrogen) atoms. The Morgan fingerprint density at radius 2 is 1.71 bits per heavy atom. The van der Waals surface area contributed by atoms with Gasteiger partial charge in [-0.15, -0.1) is 24.0 Å². The smallest absolute Gasteiger partial charge is 0.191 e. The molecule has 5 nitrogen and oxygen atoms in total. The Kier molecular flexibility index (Phi) is 11.9. The average Bonchev–Trinajstić information content (AvgIpc) is 2.67. The lowest BCUT2D eigenvalue weighted by Crippen LogP contribution is -2.36. The van der Waals surface area contributed by atoms with Crippen LogP contribution in [0.2, 0.25) is 5.02 Å². The molecular weight excluding hydrogens is 487 g/mol. The third-order valence-corrected chi connectivity index (χ3v) is 4.40. The van der Waals surface area contributed by atoms with Crippen LogP contribution in [-0.2, 0) is 13.1 Å². The number of ether oxygens (including phenoxy) is 1. The molecule has 0 heterocycles. The molecule has 154 valence electrons. The van der Waals surface area contributed by atoms with Gasteiger partial charge >= 0.3 is 0 Å². The number of halogens is 2. The predicted molar refractivity (Wildman–Crippen MR) is 129 cm³/mol. The van der Waals surface area contributed by atoms with Gasteiger partial charge in [-0.25, -0.2) is 0 Å². The number of hydrogen-bond acceptors (Lipinski definition) is 3. The van der Waals surface area contributed by atoms with Crippen molar-refractivity contribution in [2.75, 3.05) is 34.3 Å². The van der Waals surface area contributed by atoms with E-state index in [2.05, 4.69) is 46.8 Å². The second-order valence-corrected chi connectivity index (χ2v) is 6.93. The maximum Gasteiger partial charge on any atom is 0.191 e. The van der Waals surface area contributed by atoms with Crippen LogP contribution in [0.25, 0.3) is 0 Å². The molecule has 0 bridgehead atoms. The summed E-state index contributed by atoms with van der Waals surface area (Å²) in [6.07, 6.45) is 1.02. The summed E-state index contributed by atoms with van der Waals surface area (Å²) in [6, 6.07) is 15.9. The van der Waals surface area contributed by atoms with E-state index in [1.807, 2.05) is 36.4 Å². The van der Waals surface area contributed by atoms with Crippen LogP contribution < -0.4 is 15.4 Å². The highest BCUT2D eigenvalue weighted by Crippen LogP contribution is 2.14. The van der Waals surface area contributed by atoms with Crippen LogP contribution in [0.5, 0.6) is 5.75 Å².